The number of alkyl halides is 6. The van der Waals surface area contributed by atoms with Crippen LogP contribution in [0, 0.1) is 10.1 Å². The molecule has 8 rings (SSSR count). The highest BCUT2D eigenvalue weighted by Crippen LogP contribution is 2.36. The van der Waals surface area contributed by atoms with Gasteiger partial charge in [0.2, 0.25) is 0 Å². The average molecular weight is 837 g/mol. The van der Waals surface area contributed by atoms with Crippen molar-refractivity contribution in [2.75, 3.05) is 71.2 Å². The zero-order chi connectivity index (χ0) is 42.8. The Morgan fingerprint density at radius 3 is 1.45 bits per heavy atom. The average Bonchev–Trinajstić information content (AvgIpc) is 3.85. The van der Waals surface area contributed by atoms with Gasteiger partial charge in [-0.1, -0.05) is 13.8 Å². The summed E-state index contributed by atoms with van der Waals surface area (Å²) >= 11 is 0. The van der Waals surface area contributed by atoms with E-state index >= 15 is 0 Å². The number of benzene rings is 4. The van der Waals surface area contributed by atoms with E-state index in [0.29, 0.717) is 68.9 Å². The number of imidazole rings is 2. The highest BCUT2D eigenvalue weighted by Gasteiger charge is 2.33. The molecular formula is C42H46F6N10O2. The van der Waals surface area contributed by atoms with Gasteiger partial charge in [-0.25, -0.2) is 9.97 Å². The van der Waals surface area contributed by atoms with E-state index in [-0.39, 0.29) is 11.5 Å². The summed E-state index contributed by atoms with van der Waals surface area (Å²) in [5.74, 6) is 0.660. The van der Waals surface area contributed by atoms with Gasteiger partial charge in [0, 0.05) is 94.4 Å². The van der Waals surface area contributed by atoms with Gasteiger partial charge in [-0.05, 0) is 84.9 Å². The van der Waals surface area contributed by atoms with Crippen molar-refractivity contribution in [3.8, 4) is 22.8 Å². The topological polar surface area (TPSA) is 139 Å². The second kappa shape index (κ2) is 17.6. The number of anilines is 1. The van der Waals surface area contributed by atoms with E-state index in [9.17, 15) is 36.5 Å². The number of nitrogens with two attached hydrogens (primary N) is 1. The minimum absolute atomic E-state index is 0.112. The van der Waals surface area contributed by atoms with Gasteiger partial charge in [-0.3, -0.25) is 19.9 Å². The predicted octanol–water partition coefficient (Wildman–Crippen LogP) is 8.26. The van der Waals surface area contributed by atoms with Crippen molar-refractivity contribution >= 4 is 33.4 Å². The van der Waals surface area contributed by atoms with Crippen LogP contribution in [-0.2, 0) is 25.4 Å². The van der Waals surface area contributed by atoms with E-state index in [1.165, 1.54) is 30.3 Å². The predicted molar refractivity (Wildman–Crippen MR) is 219 cm³/mol. The number of hydrogen-bond acceptors (Lipinski definition) is 9. The number of nitro groups is 1. The zero-order valence-electron chi connectivity index (χ0n) is 33.2. The fourth-order valence-electron chi connectivity index (χ4n) is 7.62. The summed E-state index contributed by atoms with van der Waals surface area (Å²) in [5.41, 5.74) is 9.02. The number of hydrogen-bond donors (Lipinski definition) is 3. The van der Waals surface area contributed by atoms with E-state index in [0.717, 1.165) is 77.6 Å². The Morgan fingerprint density at radius 2 is 1.03 bits per heavy atom. The van der Waals surface area contributed by atoms with E-state index in [4.69, 9.17) is 5.73 Å². The molecule has 6 aromatic rings. The number of likely N-dealkylation sites (N-methyl/N-ethyl adjacent to an activating group) is 2. The Kier molecular flexibility index (Phi) is 12.5. The molecule has 0 atom stereocenters. The van der Waals surface area contributed by atoms with E-state index in [1.54, 1.807) is 30.3 Å². The summed E-state index contributed by atoms with van der Waals surface area (Å²) in [7, 11) is 0. The molecule has 0 bridgehead atoms. The molecule has 2 aliphatic rings. The van der Waals surface area contributed by atoms with Gasteiger partial charge in [0.1, 0.15) is 11.6 Å². The van der Waals surface area contributed by atoms with Crippen LogP contribution >= 0.6 is 0 Å². The molecule has 4 heterocycles. The molecule has 0 amide bonds. The van der Waals surface area contributed by atoms with Crippen LogP contribution in [0.1, 0.15) is 36.1 Å². The molecule has 18 heteroatoms. The molecule has 0 radical (unpaired) electrons. The monoisotopic (exact) mass is 836 g/mol. The van der Waals surface area contributed by atoms with Crippen LogP contribution < -0.4 is 5.73 Å². The molecule has 0 saturated carbocycles. The molecular weight excluding hydrogens is 791 g/mol. The van der Waals surface area contributed by atoms with Crippen molar-refractivity contribution in [2.24, 2.45) is 0 Å². The lowest BCUT2D eigenvalue weighted by atomic mass is 10.0. The maximum atomic E-state index is 13.6. The number of nitrogens with zero attached hydrogens (tertiary/aromatic N) is 7. The maximum absolute atomic E-state index is 13.6. The number of H-pyrrole nitrogens is 2. The lowest BCUT2D eigenvalue weighted by molar-refractivity contribution is -0.384. The number of nitro benzene ring substituents is 1. The number of nitrogen functional groups attached to an aromatic ring is 1. The second-order valence-corrected chi connectivity index (χ2v) is 15.2. The van der Waals surface area contributed by atoms with Gasteiger partial charge in [-0.15, -0.1) is 0 Å². The minimum atomic E-state index is -4.49. The highest BCUT2D eigenvalue weighted by atomic mass is 19.4. The fraction of sp³-hybridized carbons (Fsp3) is 0.381. The van der Waals surface area contributed by atoms with Crippen molar-refractivity contribution in [3.63, 3.8) is 0 Å². The number of aromatic amines is 2. The molecule has 318 valence electrons. The first kappa shape index (κ1) is 42.6. The molecule has 0 unspecified atom stereocenters. The van der Waals surface area contributed by atoms with Gasteiger partial charge in [-0.2, -0.15) is 26.3 Å². The van der Waals surface area contributed by atoms with Gasteiger partial charge < -0.3 is 25.5 Å². The smallest absolute Gasteiger partial charge is 0.399 e. The van der Waals surface area contributed by atoms with Crippen molar-refractivity contribution < 1.29 is 31.3 Å². The molecule has 4 aromatic carbocycles. The van der Waals surface area contributed by atoms with Crippen molar-refractivity contribution in [3.05, 3.63) is 105 Å². The molecule has 0 spiro atoms. The Labute approximate surface area is 342 Å². The van der Waals surface area contributed by atoms with Crippen LogP contribution in [0.15, 0.2) is 72.8 Å². The lowest BCUT2D eigenvalue weighted by Gasteiger charge is -2.34. The largest absolute Gasteiger partial charge is 0.416 e. The number of piperazine rings is 2. The molecule has 2 fully saturated rings. The van der Waals surface area contributed by atoms with Crippen LogP contribution in [0.2, 0.25) is 0 Å². The summed E-state index contributed by atoms with van der Waals surface area (Å²) in [6, 6.07) is 17.5. The first-order valence-electron chi connectivity index (χ1n) is 19.8. The summed E-state index contributed by atoms with van der Waals surface area (Å²) in [6.07, 6.45) is -8.90. The molecule has 2 aromatic heterocycles. The Morgan fingerprint density at radius 1 is 0.617 bits per heavy atom. The van der Waals surface area contributed by atoms with Gasteiger partial charge in [0.05, 0.1) is 38.1 Å². The first-order chi connectivity index (χ1) is 28.5. The van der Waals surface area contributed by atoms with Crippen molar-refractivity contribution in [1.82, 2.24) is 39.5 Å². The first-order valence-corrected chi connectivity index (χ1v) is 19.8. The molecule has 4 N–H and O–H groups in total. The third kappa shape index (κ3) is 10.2. The SMILES string of the molecule is CCN1CCN(Cc2cc(-c3nc4ccc(N)cc4[nH]3)cc(C(F)(F)F)c2)CC1.CCN1CCN(Cc2cc(-c3nc4ccc([N+](=O)[O-])cc4[nH]3)cc(C(F)(F)F)c2)CC1. The molecule has 12 nitrogen and oxygen atoms in total. The van der Waals surface area contributed by atoms with Gasteiger partial charge >= 0.3 is 12.4 Å². The standard InChI is InChI=1S/C21H22F3N5O2.C21H24F3N5/c1-2-27-5-7-28(8-6-27)13-14-9-15(11-16(10-14)21(22,23)24)20-25-18-4-3-17(29(30)31)12-19(18)26-20;1-2-28-5-7-29(8-6-28)13-14-9-15(11-16(10-14)21(22,23)24)20-26-18-4-3-17(25)12-19(18)27-20/h3-4,9-12H,2,5-8,13H2,1H3,(H,25,26);3-4,9-12H,2,5-8,13,25H2,1H3,(H,26,27). The Hall–Kier alpha value is -5.56. The Balaban J connectivity index is 0.000000182. The zero-order valence-corrected chi connectivity index (χ0v) is 33.2. The lowest BCUT2D eigenvalue weighted by Crippen LogP contribution is -2.45. The summed E-state index contributed by atoms with van der Waals surface area (Å²) < 4.78 is 81.3. The number of aromatic nitrogens is 4. The third-order valence-electron chi connectivity index (χ3n) is 11.0. The number of non-ortho nitro benzene ring substituents is 1. The number of rotatable bonds is 9. The van der Waals surface area contributed by atoms with Crippen LogP contribution in [-0.4, -0.2) is 110 Å². The molecule has 2 aliphatic heterocycles. The minimum Gasteiger partial charge on any atom is -0.399 e. The second-order valence-electron chi connectivity index (χ2n) is 15.2. The van der Waals surface area contributed by atoms with Gasteiger partial charge in [0.15, 0.2) is 0 Å². The quantitative estimate of drug-likeness (QED) is 0.0569. The summed E-state index contributed by atoms with van der Waals surface area (Å²) in [4.78, 5) is 34.3. The highest BCUT2D eigenvalue weighted by molar-refractivity contribution is 5.83. The normalized spacial score (nSPS) is 16.3. The van der Waals surface area contributed by atoms with Crippen LogP contribution in [0.4, 0.5) is 37.7 Å². The fourth-order valence-corrected chi connectivity index (χ4v) is 7.62. The van der Waals surface area contributed by atoms with E-state index in [2.05, 4.69) is 53.4 Å². The Bertz CT molecular complexity index is 2450. The number of halogens is 6. The van der Waals surface area contributed by atoms with E-state index < -0.39 is 28.4 Å². The van der Waals surface area contributed by atoms with Gasteiger partial charge in [0.25, 0.3) is 5.69 Å². The molecule has 0 aliphatic carbocycles. The maximum Gasteiger partial charge on any atom is 0.416 e. The molecule has 2 saturated heterocycles. The van der Waals surface area contributed by atoms with E-state index in [1.807, 2.05) is 0 Å². The molecule has 60 heavy (non-hydrogen) atoms. The number of nitrogens with one attached hydrogen (secondary N) is 2. The third-order valence-corrected chi connectivity index (χ3v) is 11.0. The van der Waals surface area contributed by atoms with Crippen LogP contribution in [0.5, 0.6) is 0 Å². The summed E-state index contributed by atoms with van der Waals surface area (Å²) in [6.45, 7) is 14.0. The van der Waals surface area contributed by atoms with Crippen LogP contribution in [0.25, 0.3) is 44.8 Å². The van der Waals surface area contributed by atoms with Crippen molar-refractivity contribution in [2.45, 2.75) is 39.3 Å². The summed E-state index contributed by atoms with van der Waals surface area (Å²) in [5, 5.41) is 11.0. The number of fused-ring (bicyclic) bond motifs is 2. The van der Waals surface area contributed by atoms with Crippen molar-refractivity contribution in [1.29, 1.82) is 0 Å². The van der Waals surface area contributed by atoms with Crippen LogP contribution in [0.3, 0.4) is 0 Å².